The number of carbonyl (C=O) groups is 1. The lowest BCUT2D eigenvalue weighted by atomic mass is 9.98. The van der Waals surface area contributed by atoms with Gasteiger partial charge in [-0.3, -0.25) is 9.59 Å². The van der Waals surface area contributed by atoms with E-state index in [9.17, 15) is 18.0 Å². The van der Waals surface area contributed by atoms with Crippen LogP contribution in [0.5, 0.6) is 0 Å². The Balaban J connectivity index is 1.70. The third kappa shape index (κ3) is 6.47. The molecule has 39 heavy (non-hydrogen) atoms. The van der Waals surface area contributed by atoms with Crippen molar-refractivity contribution in [2.75, 3.05) is 25.1 Å². The first kappa shape index (κ1) is 28.3. The second-order valence-electron chi connectivity index (χ2n) is 10.2. The third-order valence-electron chi connectivity index (χ3n) is 6.88. The van der Waals surface area contributed by atoms with Crippen molar-refractivity contribution in [1.82, 2.24) is 9.47 Å². The molecule has 1 aliphatic rings. The summed E-state index contributed by atoms with van der Waals surface area (Å²) in [4.78, 5) is 32.9. The highest BCUT2D eigenvalue weighted by Crippen LogP contribution is 2.33. The van der Waals surface area contributed by atoms with E-state index in [4.69, 9.17) is 5.73 Å². The van der Waals surface area contributed by atoms with E-state index in [2.05, 4.69) is 18.8 Å². The van der Waals surface area contributed by atoms with Gasteiger partial charge in [-0.1, -0.05) is 32.0 Å². The van der Waals surface area contributed by atoms with Gasteiger partial charge in [-0.2, -0.15) is 0 Å². The summed E-state index contributed by atoms with van der Waals surface area (Å²) in [6, 6.07) is 13.4. The molecule has 3 aromatic rings. The van der Waals surface area contributed by atoms with Crippen LogP contribution in [0.15, 0.2) is 57.8 Å². The normalized spacial score (nSPS) is 13.4. The molecule has 1 aliphatic heterocycles. The van der Waals surface area contributed by atoms with E-state index in [0.717, 1.165) is 34.9 Å². The Morgan fingerprint density at radius 3 is 2.38 bits per heavy atom. The molecule has 0 saturated heterocycles. The average molecular weight is 549 g/mol. The highest BCUT2D eigenvalue weighted by Gasteiger charge is 2.21. The molecule has 1 amide bonds. The van der Waals surface area contributed by atoms with Gasteiger partial charge in [0.15, 0.2) is 0 Å². The molecular weight excluding hydrogens is 512 g/mol. The van der Waals surface area contributed by atoms with Crippen LogP contribution in [0.2, 0.25) is 0 Å². The number of rotatable bonds is 9. The van der Waals surface area contributed by atoms with Crippen molar-refractivity contribution < 1.29 is 13.2 Å². The number of amides is 1. The summed E-state index contributed by atoms with van der Waals surface area (Å²) >= 11 is 0. The van der Waals surface area contributed by atoms with E-state index in [-0.39, 0.29) is 23.8 Å². The molecule has 1 aromatic heterocycles. The van der Waals surface area contributed by atoms with Gasteiger partial charge in [0, 0.05) is 54.5 Å². The number of sulfone groups is 1. The quantitative estimate of drug-likeness (QED) is 0.424. The van der Waals surface area contributed by atoms with Gasteiger partial charge in [0.2, 0.25) is 5.91 Å². The van der Waals surface area contributed by atoms with Crippen LogP contribution in [0.4, 0.5) is 5.69 Å². The van der Waals surface area contributed by atoms with Gasteiger partial charge >= 0.3 is 0 Å². The van der Waals surface area contributed by atoms with Crippen LogP contribution in [-0.2, 0) is 21.2 Å². The minimum absolute atomic E-state index is 0.000804. The number of aryl methyl sites for hydroxylation is 1. The van der Waals surface area contributed by atoms with E-state index >= 15 is 0 Å². The summed E-state index contributed by atoms with van der Waals surface area (Å²) in [6.45, 7) is 7.47. The summed E-state index contributed by atoms with van der Waals surface area (Å²) in [5.41, 5.74) is 10.7. The van der Waals surface area contributed by atoms with Crippen LogP contribution in [0.25, 0.3) is 28.0 Å². The second-order valence-corrected chi connectivity index (χ2v) is 12.4. The number of benzene rings is 2. The summed E-state index contributed by atoms with van der Waals surface area (Å²) in [5.74, 6) is 0.302. The Bertz CT molecular complexity index is 1650. The average Bonchev–Trinajstić information content (AvgIpc) is 3.04. The van der Waals surface area contributed by atoms with E-state index in [0.29, 0.717) is 47.7 Å². The van der Waals surface area contributed by atoms with E-state index in [1.165, 1.54) is 10.8 Å². The third-order valence-corrected chi connectivity index (χ3v) is 7.81. The topological polar surface area (TPSA) is 115 Å². The van der Waals surface area contributed by atoms with Gasteiger partial charge in [-0.25, -0.2) is 13.4 Å². The summed E-state index contributed by atoms with van der Waals surface area (Å²) in [6.07, 6.45) is 5.14. The predicted octanol–water partition coefficient (Wildman–Crippen LogP) is 4.45. The fraction of sp³-hybridized carbons (Fsp3) is 0.367. The zero-order chi connectivity index (χ0) is 28.3. The summed E-state index contributed by atoms with van der Waals surface area (Å²) in [5, 5.41) is 1.31. The van der Waals surface area contributed by atoms with Crippen molar-refractivity contribution in [3.8, 4) is 11.1 Å². The molecule has 8 nitrogen and oxygen atoms in total. The lowest BCUT2D eigenvalue weighted by Gasteiger charge is -2.22. The first-order chi connectivity index (χ1) is 18.5. The van der Waals surface area contributed by atoms with Gasteiger partial charge < -0.3 is 15.2 Å². The molecule has 0 unspecified atom stereocenters. The van der Waals surface area contributed by atoms with Crippen molar-refractivity contribution in [3.63, 3.8) is 0 Å². The van der Waals surface area contributed by atoms with Crippen molar-refractivity contribution in [2.24, 2.45) is 10.7 Å². The number of pyridine rings is 1. The maximum atomic E-state index is 13.3. The molecule has 2 heterocycles. The van der Waals surface area contributed by atoms with Crippen molar-refractivity contribution in [2.45, 2.75) is 46.6 Å². The van der Waals surface area contributed by atoms with E-state index < -0.39 is 9.84 Å². The SMILES string of the molecule is CCCN(CCC)C(=O)C1=Cc2ccc(-c3ccc4c(=O)n(CCS(C)(=O)=O)c(C)cc4c3)cc2N=C(N)C1. The first-order valence-corrected chi connectivity index (χ1v) is 15.4. The number of hydrogen-bond acceptors (Lipinski definition) is 6. The highest BCUT2D eigenvalue weighted by molar-refractivity contribution is 7.90. The Labute approximate surface area is 229 Å². The molecular formula is C30H36N4O4S. The van der Waals surface area contributed by atoms with Crippen LogP contribution in [0, 0.1) is 6.92 Å². The number of amidine groups is 1. The smallest absolute Gasteiger partial charge is 0.258 e. The minimum Gasteiger partial charge on any atom is -0.387 e. The Hall–Kier alpha value is -3.72. The molecule has 0 aliphatic carbocycles. The number of nitrogens with two attached hydrogens (primary N) is 1. The lowest BCUT2D eigenvalue weighted by molar-refractivity contribution is -0.127. The molecule has 4 rings (SSSR count). The number of nitrogens with zero attached hydrogens (tertiary/aromatic N) is 3. The number of hydrogen-bond donors (Lipinski definition) is 1. The van der Waals surface area contributed by atoms with Crippen molar-refractivity contribution in [3.05, 3.63) is 69.6 Å². The van der Waals surface area contributed by atoms with Gasteiger partial charge in [0.05, 0.1) is 11.4 Å². The van der Waals surface area contributed by atoms with Crippen LogP contribution >= 0.6 is 0 Å². The monoisotopic (exact) mass is 548 g/mol. The van der Waals surface area contributed by atoms with Gasteiger partial charge in [0.25, 0.3) is 5.56 Å². The molecule has 0 radical (unpaired) electrons. The molecule has 2 N–H and O–H groups in total. The summed E-state index contributed by atoms with van der Waals surface area (Å²) in [7, 11) is -3.19. The van der Waals surface area contributed by atoms with Crippen LogP contribution < -0.4 is 11.3 Å². The number of aromatic nitrogens is 1. The second kappa shape index (κ2) is 11.6. The van der Waals surface area contributed by atoms with Gasteiger partial charge in [0.1, 0.15) is 15.7 Å². The largest absolute Gasteiger partial charge is 0.387 e. The fourth-order valence-corrected chi connectivity index (χ4v) is 5.48. The van der Waals surface area contributed by atoms with E-state index in [1.807, 2.05) is 54.3 Å². The Morgan fingerprint density at radius 1 is 1.05 bits per heavy atom. The molecule has 0 fully saturated rings. The summed E-state index contributed by atoms with van der Waals surface area (Å²) < 4.78 is 24.7. The predicted molar refractivity (Wildman–Crippen MR) is 159 cm³/mol. The lowest BCUT2D eigenvalue weighted by Crippen LogP contribution is -2.34. The number of carbonyl (C=O) groups excluding carboxylic acids is 1. The van der Waals surface area contributed by atoms with Gasteiger partial charge in [-0.05, 0) is 66.6 Å². The van der Waals surface area contributed by atoms with Gasteiger partial charge in [-0.15, -0.1) is 0 Å². The van der Waals surface area contributed by atoms with Crippen LogP contribution in [0.1, 0.15) is 44.4 Å². The molecule has 0 spiro atoms. The first-order valence-electron chi connectivity index (χ1n) is 13.3. The molecule has 0 saturated carbocycles. The fourth-order valence-electron chi connectivity index (χ4n) is 4.97. The van der Waals surface area contributed by atoms with Crippen molar-refractivity contribution in [1.29, 1.82) is 0 Å². The van der Waals surface area contributed by atoms with Crippen molar-refractivity contribution >= 4 is 44.1 Å². The molecule has 9 heteroatoms. The molecule has 0 bridgehead atoms. The minimum atomic E-state index is -3.19. The van der Waals surface area contributed by atoms with E-state index in [1.54, 1.807) is 6.07 Å². The maximum Gasteiger partial charge on any atom is 0.258 e. The zero-order valence-corrected chi connectivity index (χ0v) is 23.8. The molecule has 206 valence electrons. The highest BCUT2D eigenvalue weighted by atomic mass is 32.2. The number of aliphatic imine (C=N–C) groups is 1. The zero-order valence-electron chi connectivity index (χ0n) is 23.0. The Morgan fingerprint density at radius 2 is 1.72 bits per heavy atom. The molecule has 2 aromatic carbocycles. The number of fused-ring (bicyclic) bond motifs is 2. The maximum absolute atomic E-state index is 13.3. The van der Waals surface area contributed by atoms with Crippen LogP contribution in [0.3, 0.4) is 0 Å². The van der Waals surface area contributed by atoms with Crippen LogP contribution in [-0.4, -0.2) is 54.7 Å². The standard InChI is InChI=1S/C30H36N4O4S/c1-5-11-33(12-6-2)29(35)25-17-23-8-7-22(18-27(23)32-28(31)19-25)21-9-10-26-24(16-21)15-20(3)34(30(26)36)13-14-39(4,37)38/h7-10,15-18H,5-6,11-14,19H2,1-4H3,(H2,31,32). The Kier molecular flexibility index (Phi) is 8.39. The molecule has 0 atom stereocenters.